The van der Waals surface area contributed by atoms with Gasteiger partial charge in [0.15, 0.2) is 5.72 Å². The highest BCUT2D eigenvalue weighted by Crippen LogP contribution is 2.10. The minimum absolute atomic E-state index is 0.525. The summed E-state index contributed by atoms with van der Waals surface area (Å²) in [7, 11) is -0.525. The molecule has 0 unspecified atom stereocenters. The van der Waals surface area contributed by atoms with Gasteiger partial charge in [0.2, 0.25) is 0 Å². The first-order chi connectivity index (χ1) is 11.4. The van der Waals surface area contributed by atoms with Crippen LogP contribution in [0.5, 0.6) is 5.75 Å². The molecule has 0 atom stereocenters. The van der Waals surface area contributed by atoms with Crippen LogP contribution in [0.3, 0.4) is 0 Å². The van der Waals surface area contributed by atoms with Gasteiger partial charge in [-0.25, -0.2) is 4.98 Å². The Labute approximate surface area is 136 Å². The smallest absolute Gasteiger partial charge is 0.530 e. The standard InChI is InChI=1S/C18H19BN2O2/c1-3-8-16(9-4-1)10-7-15-22-19(18-20-13-14-21-18)23-17-11-5-2-6-12-17/h1-6,8-9,11-14H,7,10,15H2,(H,20,21). The van der Waals surface area contributed by atoms with Gasteiger partial charge in [0.1, 0.15) is 5.75 Å². The molecule has 1 N–H and O–H groups in total. The van der Waals surface area contributed by atoms with Crippen LogP contribution in [0.1, 0.15) is 12.0 Å². The van der Waals surface area contributed by atoms with E-state index in [1.165, 1.54) is 5.56 Å². The van der Waals surface area contributed by atoms with Crippen LogP contribution in [0, 0.1) is 0 Å². The minimum atomic E-state index is -0.525. The van der Waals surface area contributed by atoms with Crippen LogP contribution in [0.4, 0.5) is 0 Å². The third kappa shape index (κ3) is 4.73. The zero-order chi connectivity index (χ0) is 15.7. The Morgan fingerprint density at radius 3 is 2.39 bits per heavy atom. The lowest BCUT2D eigenvalue weighted by Gasteiger charge is -2.14. The summed E-state index contributed by atoms with van der Waals surface area (Å²) in [5, 5.41) is 0. The summed E-state index contributed by atoms with van der Waals surface area (Å²) in [6.45, 7) is 0.604. The zero-order valence-corrected chi connectivity index (χ0v) is 12.9. The van der Waals surface area contributed by atoms with Crippen LogP contribution in [0.15, 0.2) is 73.1 Å². The number of nitrogens with zero attached hydrogens (tertiary/aromatic N) is 1. The van der Waals surface area contributed by atoms with Gasteiger partial charge in [-0.2, -0.15) is 0 Å². The maximum atomic E-state index is 5.90. The summed E-state index contributed by atoms with van der Waals surface area (Å²) in [6.07, 6.45) is 5.38. The van der Waals surface area contributed by atoms with Gasteiger partial charge in [-0.05, 0) is 30.5 Å². The number of nitrogens with one attached hydrogen (secondary N) is 1. The Balaban J connectivity index is 1.54. The molecule has 0 spiro atoms. The number of hydrogen-bond donors (Lipinski definition) is 1. The maximum Gasteiger partial charge on any atom is 0.600 e. The van der Waals surface area contributed by atoms with E-state index in [9.17, 15) is 0 Å². The SMILES string of the molecule is c1ccc(CCCOB(Oc2ccccc2)c2ncc[nH]2)cc1. The van der Waals surface area contributed by atoms with E-state index in [1.807, 2.05) is 36.4 Å². The number of benzene rings is 2. The van der Waals surface area contributed by atoms with Crippen LogP contribution in [0.2, 0.25) is 0 Å². The number of rotatable bonds is 8. The van der Waals surface area contributed by atoms with E-state index in [4.69, 9.17) is 9.31 Å². The van der Waals surface area contributed by atoms with Gasteiger partial charge in [-0.3, -0.25) is 0 Å². The fraction of sp³-hybridized carbons (Fsp3) is 0.167. The molecule has 0 bridgehead atoms. The fourth-order valence-corrected chi connectivity index (χ4v) is 2.31. The number of imidazole rings is 1. The summed E-state index contributed by atoms with van der Waals surface area (Å²) in [6, 6.07) is 20.0. The highest BCUT2D eigenvalue weighted by Gasteiger charge is 2.26. The quantitative estimate of drug-likeness (QED) is 0.514. The van der Waals surface area contributed by atoms with E-state index in [0.29, 0.717) is 12.3 Å². The molecule has 3 rings (SSSR count). The van der Waals surface area contributed by atoms with Gasteiger partial charge >= 0.3 is 7.12 Å². The predicted molar refractivity (Wildman–Crippen MR) is 91.8 cm³/mol. The maximum absolute atomic E-state index is 5.90. The molecule has 0 amide bonds. The molecule has 0 saturated heterocycles. The van der Waals surface area contributed by atoms with E-state index >= 15 is 0 Å². The van der Waals surface area contributed by atoms with Crippen LogP contribution in [-0.2, 0) is 11.1 Å². The van der Waals surface area contributed by atoms with E-state index in [0.717, 1.165) is 18.6 Å². The lowest BCUT2D eigenvalue weighted by atomic mass is 9.88. The summed E-state index contributed by atoms with van der Waals surface area (Å²) < 4.78 is 11.8. The monoisotopic (exact) mass is 306 g/mol. The van der Waals surface area contributed by atoms with Crippen LogP contribution in [0.25, 0.3) is 0 Å². The van der Waals surface area contributed by atoms with Gasteiger partial charge in [-0.1, -0.05) is 48.5 Å². The topological polar surface area (TPSA) is 47.1 Å². The minimum Gasteiger partial charge on any atom is -0.530 e. The fourth-order valence-electron chi connectivity index (χ4n) is 2.31. The third-order valence-electron chi connectivity index (χ3n) is 3.45. The van der Waals surface area contributed by atoms with Gasteiger partial charge in [0.25, 0.3) is 0 Å². The highest BCUT2D eigenvalue weighted by atomic mass is 16.6. The lowest BCUT2D eigenvalue weighted by molar-refractivity contribution is 0.269. The molecule has 0 fully saturated rings. The number of aryl methyl sites for hydroxylation is 1. The Morgan fingerprint density at radius 2 is 1.70 bits per heavy atom. The molecule has 1 aromatic heterocycles. The van der Waals surface area contributed by atoms with Crippen molar-refractivity contribution in [3.05, 3.63) is 78.6 Å². The van der Waals surface area contributed by atoms with Gasteiger partial charge in [0, 0.05) is 19.0 Å². The number of aromatic amines is 1. The molecule has 116 valence electrons. The first kappa shape index (κ1) is 15.4. The van der Waals surface area contributed by atoms with Crippen molar-refractivity contribution in [2.75, 3.05) is 6.61 Å². The van der Waals surface area contributed by atoms with Crippen molar-refractivity contribution < 1.29 is 9.31 Å². The van der Waals surface area contributed by atoms with Crippen molar-refractivity contribution in [3.8, 4) is 5.75 Å². The molecule has 4 nitrogen and oxygen atoms in total. The van der Waals surface area contributed by atoms with E-state index in [-0.39, 0.29) is 0 Å². The summed E-state index contributed by atoms with van der Waals surface area (Å²) in [4.78, 5) is 7.30. The molecule has 0 radical (unpaired) electrons. The van der Waals surface area contributed by atoms with Gasteiger partial charge in [-0.15, -0.1) is 0 Å². The lowest BCUT2D eigenvalue weighted by Crippen LogP contribution is -2.42. The van der Waals surface area contributed by atoms with Crippen LogP contribution < -0.4 is 10.4 Å². The molecule has 1 heterocycles. The van der Waals surface area contributed by atoms with Crippen molar-refractivity contribution in [2.24, 2.45) is 0 Å². The molecule has 0 aliphatic carbocycles. The average Bonchev–Trinajstić information content (AvgIpc) is 3.14. The Hall–Kier alpha value is -2.53. The predicted octanol–water partition coefficient (Wildman–Crippen LogP) is 2.83. The second-order valence-corrected chi connectivity index (χ2v) is 5.20. The summed E-state index contributed by atoms with van der Waals surface area (Å²) >= 11 is 0. The number of aromatic nitrogens is 2. The second kappa shape index (κ2) is 8.20. The molecule has 0 aliphatic rings. The molecule has 0 aliphatic heterocycles. The van der Waals surface area contributed by atoms with E-state index < -0.39 is 7.12 Å². The molecule has 5 heteroatoms. The van der Waals surface area contributed by atoms with Gasteiger partial charge < -0.3 is 14.3 Å². The number of hydrogen-bond acceptors (Lipinski definition) is 3. The van der Waals surface area contributed by atoms with Crippen molar-refractivity contribution >= 4 is 12.8 Å². The molecular formula is C18H19BN2O2. The van der Waals surface area contributed by atoms with Crippen molar-refractivity contribution in [3.63, 3.8) is 0 Å². The van der Waals surface area contributed by atoms with E-state index in [1.54, 1.807) is 12.4 Å². The van der Waals surface area contributed by atoms with Crippen molar-refractivity contribution in [1.82, 2.24) is 9.97 Å². The summed E-state index contributed by atoms with van der Waals surface area (Å²) in [5.41, 5.74) is 1.99. The molecule has 0 saturated carbocycles. The second-order valence-electron chi connectivity index (χ2n) is 5.20. The normalized spacial score (nSPS) is 10.4. The number of H-pyrrole nitrogens is 1. The average molecular weight is 306 g/mol. The summed E-state index contributed by atoms with van der Waals surface area (Å²) in [5.74, 6) is 0.761. The van der Waals surface area contributed by atoms with Gasteiger partial charge in [0.05, 0.1) is 0 Å². The Kier molecular flexibility index (Phi) is 5.48. The van der Waals surface area contributed by atoms with Crippen LogP contribution in [-0.4, -0.2) is 23.7 Å². The van der Waals surface area contributed by atoms with Crippen LogP contribution >= 0.6 is 0 Å². The van der Waals surface area contributed by atoms with Crippen molar-refractivity contribution in [1.29, 1.82) is 0 Å². The number of para-hydroxylation sites is 1. The van der Waals surface area contributed by atoms with Crippen molar-refractivity contribution in [2.45, 2.75) is 12.8 Å². The Morgan fingerprint density at radius 1 is 0.957 bits per heavy atom. The molecular weight excluding hydrogens is 287 g/mol. The zero-order valence-electron chi connectivity index (χ0n) is 12.9. The Bertz CT molecular complexity index is 675. The largest absolute Gasteiger partial charge is 0.600 e. The molecule has 2 aromatic carbocycles. The first-order valence-corrected chi connectivity index (χ1v) is 7.78. The van der Waals surface area contributed by atoms with E-state index in [2.05, 4.69) is 34.2 Å². The third-order valence-corrected chi connectivity index (χ3v) is 3.45. The first-order valence-electron chi connectivity index (χ1n) is 7.78. The molecule has 23 heavy (non-hydrogen) atoms. The molecule has 3 aromatic rings. The highest BCUT2D eigenvalue weighted by molar-refractivity contribution is 6.60.